The largest absolute Gasteiger partial charge is 0.341 e. The standard InChI is InChI=1S/C14H28N2O3S/c1-4-8-16(11-14(2,3)10-15)13(17)12-7-5-6-9-20(12,18)19/h12H,4-11,15H2,1-3H3. The Labute approximate surface area is 122 Å². The van der Waals surface area contributed by atoms with Crippen molar-refractivity contribution < 1.29 is 13.2 Å². The van der Waals surface area contributed by atoms with Gasteiger partial charge >= 0.3 is 0 Å². The molecule has 0 aromatic carbocycles. The average Bonchev–Trinajstić information content (AvgIpc) is 2.37. The molecular weight excluding hydrogens is 276 g/mol. The molecule has 1 unspecified atom stereocenters. The van der Waals surface area contributed by atoms with Gasteiger partial charge in [0.1, 0.15) is 5.25 Å². The Kier molecular flexibility index (Phi) is 6.01. The summed E-state index contributed by atoms with van der Waals surface area (Å²) < 4.78 is 24.2. The van der Waals surface area contributed by atoms with Crippen molar-refractivity contribution in [3.05, 3.63) is 0 Å². The Bertz CT molecular complexity index is 432. The molecule has 0 aromatic rings. The van der Waals surface area contributed by atoms with Gasteiger partial charge in [0.05, 0.1) is 5.75 Å². The Morgan fingerprint density at radius 2 is 2.00 bits per heavy atom. The molecule has 1 amide bonds. The summed E-state index contributed by atoms with van der Waals surface area (Å²) in [6.07, 6.45) is 2.77. The number of hydrogen-bond donors (Lipinski definition) is 1. The van der Waals surface area contributed by atoms with Crippen molar-refractivity contribution in [2.45, 2.75) is 51.7 Å². The minimum absolute atomic E-state index is 0.143. The van der Waals surface area contributed by atoms with Gasteiger partial charge in [-0.25, -0.2) is 8.42 Å². The van der Waals surface area contributed by atoms with Crippen molar-refractivity contribution in [3.8, 4) is 0 Å². The van der Waals surface area contributed by atoms with Gasteiger partial charge in [0.25, 0.3) is 0 Å². The van der Waals surface area contributed by atoms with E-state index in [1.54, 1.807) is 4.90 Å². The molecule has 20 heavy (non-hydrogen) atoms. The van der Waals surface area contributed by atoms with Crippen LogP contribution in [0, 0.1) is 5.41 Å². The van der Waals surface area contributed by atoms with Crippen molar-refractivity contribution in [3.63, 3.8) is 0 Å². The van der Waals surface area contributed by atoms with Gasteiger partial charge in [-0.05, 0) is 31.2 Å². The third kappa shape index (κ3) is 4.45. The molecule has 1 fully saturated rings. The lowest BCUT2D eigenvalue weighted by atomic mass is 9.92. The maximum Gasteiger partial charge on any atom is 0.240 e. The first-order valence-corrected chi connectivity index (χ1v) is 9.15. The third-order valence-electron chi connectivity index (χ3n) is 3.83. The third-order valence-corrected chi connectivity index (χ3v) is 5.99. The van der Waals surface area contributed by atoms with Crippen LogP contribution in [0.3, 0.4) is 0 Å². The number of sulfone groups is 1. The van der Waals surface area contributed by atoms with Crippen LogP contribution in [0.2, 0.25) is 0 Å². The number of nitrogens with two attached hydrogens (primary N) is 1. The molecule has 1 heterocycles. The van der Waals surface area contributed by atoms with Crippen LogP contribution in [-0.2, 0) is 14.6 Å². The van der Waals surface area contributed by atoms with E-state index in [9.17, 15) is 13.2 Å². The van der Waals surface area contributed by atoms with E-state index in [4.69, 9.17) is 5.73 Å². The highest BCUT2D eigenvalue weighted by molar-refractivity contribution is 7.92. The second-order valence-electron chi connectivity index (χ2n) is 6.48. The summed E-state index contributed by atoms with van der Waals surface area (Å²) in [5.74, 6) is -0.0861. The van der Waals surface area contributed by atoms with Crippen LogP contribution in [0.1, 0.15) is 46.5 Å². The molecular formula is C14H28N2O3S. The highest BCUT2D eigenvalue weighted by atomic mass is 32.2. The molecule has 0 spiro atoms. The molecule has 0 saturated carbocycles. The zero-order valence-corrected chi connectivity index (χ0v) is 13.7. The van der Waals surface area contributed by atoms with Gasteiger partial charge in [-0.2, -0.15) is 0 Å². The van der Waals surface area contributed by atoms with Crippen molar-refractivity contribution in [1.82, 2.24) is 4.90 Å². The van der Waals surface area contributed by atoms with Crippen molar-refractivity contribution in [1.29, 1.82) is 0 Å². The van der Waals surface area contributed by atoms with Gasteiger partial charge in [-0.1, -0.05) is 27.2 Å². The van der Waals surface area contributed by atoms with Crippen LogP contribution in [-0.4, -0.2) is 49.9 Å². The molecule has 1 saturated heterocycles. The molecule has 2 N–H and O–H groups in total. The van der Waals surface area contributed by atoms with E-state index < -0.39 is 15.1 Å². The molecule has 5 nitrogen and oxygen atoms in total. The van der Waals surface area contributed by atoms with Gasteiger partial charge in [-0.15, -0.1) is 0 Å². The lowest BCUT2D eigenvalue weighted by Crippen LogP contribution is -2.49. The Morgan fingerprint density at radius 3 is 2.50 bits per heavy atom. The quantitative estimate of drug-likeness (QED) is 0.799. The SMILES string of the molecule is CCCN(CC(C)(C)CN)C(=O)C1CCCCS1(=O)=O. The molecule has 118 valence electrons. The molecule has 6 heteroatoms. The fourth-order valence-corrected chi connectivity index (χ4v) is 4.43. The average molecular weight is 304 g/mol. The molecule has 1 aliphatic heterocycles. The van der Waals surface area contributed by atoms with Gasteiger partial charge in [0.2, 0.25) is 5.91 Å². The number of amides is 1. The van der Waals surface area contributed by atoms with Crippen LogP contribution < -0.4 is 5.73 Å². The lowest BCUT2D eigenvalue weighted by Gasteiger charge is -2.34. The molecule has 1 rings (SSSR count). The molecule has 0 bridgehead atoms. The summed E-state index contributed by atoms with van der Waals surface area (Å²) in [6, 6.07) is 0. The van der Waals surface area contributed by atoms with E-state index in [0.717, 1.165) is 12.8 Å². The van der Waals surface area contributed by atoms with E-state index in [2.05, 4.69) is 0 Å². The number of nitrogens with zero attached hydrogens (tertiary/aromatic N) is 1. The van der Waals surface area contributed by atoms with Gasteiger partial charge < -0.3 is 10.6 Å². The van der Waals surface area contributed by atoms with Gasteiger partial charge in [0.15, 0.2) is 9.84 Å². The van der Waals surface area contributed by atoms with E-state index in [1.807, 2.05) is 20.8 Å². The van der Waals surface area contributed by atoms with Crippen LogP contribution in [0.5, 0.6) is 0 Å². The minimum Gasteiger partial charge on any atom is -0.341 e. The summed E-state index contributed by atoms with van der Waals surface area (Å²) in [5.41, 5.74) is 5.54. The molecule has 0 aliphatic carbocycles. The highest BCUT2D eigenvalue weighted by Gasteiger charge is 2.38. The smallest absolute Gasteiger partial charge is 0.240 e. The summed E-state index contributed by atoms with van der Waals surface area (Å²) in [7, 11) is -3.27. The Hall–Kier alpha value is -0.620. The number of hydrogen-bond acceptors (Lipinski definition) is 4. The maximum absolute atomic E-state index is 12.6. The summed E-state index contributed by atoms with van der Waals surface area (Å²) in [4.78, 5) is 14.3. The predicted octanol–water partition coefficient (Wildman–Crippen LogP) is 1.18. The molecule has 1 atom stereocenters. The fraction of sp³-hybridized carbons (Fsp3) is 0.929. The second-order valence-corrected chi connectivity index (χ2v) is 8.78. The lowest BCUT2D eigenvalue weighted by molar-refractivity contribution is -0.132. The van der Waals surface area contributed by atoms with Gasteiger partial charge in [0, 0.05) is 13.1 Å². The van der Waals surface area contributed by atoms with Crippen LogP contribution in [0.15, 0.2) is 0 Å². The van der Waals surface area contributed by atoms with E-state index in [-0.39, 0.29) is 17.1 Å². The first-order chi connectivity index (χ1) is 9.23. The number of carbonyl (C=O) groups is 1. The molecule has 0 aromatic heterocycles. The van der Waals surface area contributed by atoms with Crippen molar-refractivity contribution >= 4 is 15.7 Å². The van der Waals surface area contributed by atoms with Crippen LogP contribution >= 0.6 is 0 Å². The zero-order chi connectivity index (χ0) is 15.4. The fourth-order valence-electron chi connectivity index (χ4n) is 2.55. The summed E-state index contributed by atoms with van der Waals surface area (Å²) in [6.45, 7) is 7.57. The second kappa shape index (κ2) is 6.89. The molecule has 0 radical (unpaired) electrons. The molecule has 1 aliphatic rings. The Morgan fingerprint density at radius 1 is 1.35 bits per heavy atom. The number of carbonyl (C=O) groups excluding carboxylic acids is 1. The first-order valence-electron chi connectivity index (χ1n) is 7.44. The zero-order valence-electron chi connectivity index (χ0n) is 12.9. The van der Waals surface area contributed by atoms with Gasteiger partial charge in [-0.3, -0.25) is 4.79 Å². The van der Waals surface area contributed by atoms with Crippen molar-refractivity contribution in [2.24, 2.45) is 11.1 Å². The van der Waals surface area contributed by atoms with Crippen LogP contribution in [0.25, 0.3) is 0 Å². The van der Waals surface area contributed by atoms with Crippen LogP contribution in [0.4, 0.5) is 0 Å². The predicted molar refractivity (Wildman–Crippen MR) is 81.1 cm³/mol. The van der Waals surface area contributed by atoms with E-state index >= 15 is 0 Å². The minimum atomic E-state index is -3.27. The normalized spacial score (nSPS) is 22.5. The first kappa shape index (κ1) is 17.4. The summed E-state index contributed by atoms with van der Waals surface area (Å²) in [5, 5.41) is -0.837. The number of rotatable bonds is 6. The summed E-state index contributed by atoms with van der Waals surface area (Å²) >= 11 is 0. The van der Waals surface area contributed by atoms with E-state index in [0.29, 0.717) is 32.5 Å². The van der Waals surface area contributed by atoms with Crippen molar-refractivity contribution in [2.75, 3.05) is 25.4 Å². The maximum atomic E-state index is 12.6. The topological polar surface area (TPSA) is 80.5 Å². The highest BCUT2D eigenvalue weighted by Crippen LogP contribution is 2.23. The monoisotopic (exact) mass is 304 g/mol. The van der Waals surface area contributed by atoms with E-state index in [1.165, 1.54) is 0 Å². The Balaban J connectivity index is 2.88.